The highest BCUT2D eigenvalue weighted by Gasteiger charge is 2.33. The number of nitrogens with one attached hydrogen (secondary N) is 1. The summed E-state index contributed by atoms with van der Waals surface area (Å²) in [5.74, 6) is -1.02. The smallest absolute Gasteiger partial charge is 0.320 e. The number of carbonyl (C=O) groups is 2. The molecule has 1 saturated heterocycles. The number of amides is 1. The maximum atomic E-state index is 13.0. The van der Waals surface area contributed by atoms with E-state index in [-0.39, 0.29) is 24.3 Å². The van der Waals surface area contributed by atoms with E-state index in [2.05, 4.69) is 5.32 Å². The van der Waals surface area contributed by atoms with Crippen molar-refractivity contribution in [1.82, 2.24) is 10.2 Å². The number of nitrogens with zero attached hydrogens (tertiary/aromatic N) is 1. The Balaban J connectivity index is 1.84. The van der Waals surface area contributed by atoms with Crippen LogP contribution in [0.15, 0.2) is 30.3 Å². The number of aliphatic carboxylic acids is 1. The number of carbonyl (C=O) groups excluding carboxylic acids is 1. The lowest BCUT2D eigenvalue weighted by Crippen LogP contribution is -2.52. The third-order valence-corrected chi connectivity index (χ3v) is 5.23. The van der Waals surface area contributed by atoms with Crippen molar-refractivity contribution < 1.29 is 24.2 Å². The van der Waals surface area contributed by atoms with Gasteiger partial charge in [0.2, 0.25) is 5.91 Å². The Hall–Kier alpha value is -1.96. The fraction of sp³-hybridized carbons (Fsp3) is 0.652. The monoisotopic (exact) mass is 420 g/mol. The predicted molar refractivity (Wildman–Crippen MR) is 115 cm³/mol. The number of aryl methyl sites for hydroxylation is 1. The van der Waals surface area contributed by atoms with Crippen molar-refractivity contribution in [3.05, 3.63) is 35.9 Å². The molecule has 0 saturated carbocycles. The first kappa shape index (κ1) is 24.3. The van der Waals surface area contributed by atoms with Crippen molar-refractivity contribution in [2.45, 2.75) is 77.1 Å². The molecule has 1 aromatic carbocycles. The minimum atomic E-state index is -0.939. The maximum Gasteiger partial charge on any atom is 0.320 e. The Bertz CT molecular complexity index is 674. The Morgan fingerprint density at radius 1 is 1.27 bits per heavy atom. The number of carboxylic acid groups (broad SMARTS) is 1. The summed E-state index contributed by atoms with van der Waals surface area (Å²) in [6.45, 7) is 8.91. The van der Waals surface area contributed by atoms with Gasteiger partial charge in [-0.15, -0.1) is 0 Å². The minimum Gasteiger partial charge on any atom is -0.480 e. The van der Waals surface area contributed by atoms with Gasteiger partial charge in [0.05, 0.1) is 24.3 Å². The highest BCUT2D eigenvalue weighted by Crippen LogP contribution is 2.19. The molecule has 0 bridgehead atoms. The topological polar surface area (TPSA) is 88.1 Å². The molecular formula is C23H36N2O5. The van der Waals surface area contributed by atoms with Gasteiger partial charge < -0.3 is 19.5 Å². The fourth-order valence-corrected chi connectivity index (χ4v) is 3.56. The second-order valence-electron chi connectivity index (χ2n) is 8.88. The van der Waals surface area contributed by atoms with Gasteiger partial charge in [-0.3, -0.25) is 14.9 Å². The molecular weight excluding hydrogens is 384 g/mol. The highest BCUT2D eigenvalue weighted by molar-refractivity contribution is 5.83. The van der Waals surface area contributed by atoms with Crippen LogP contribution in [0.1, 0.15) is 52.5 Å². The van der Waals surface area contributed by atoms with Crippen LogP contribution in [-0.2, 0) is 25.5 Å². The first-order valence-electron chi connectivity index (χ1n) is 10.7. The maximum absolute atomic E-state index is 13.0. The summed E-state index contributed by atoms with van der Waals surface area (Å²) in [4.78, 5) is 26.5. The van der Waals surface area contributed by atoms with Gasteiger partial charge in [0.1, 0.15) is 12.8 Å². The third kappa shape index (κ3) is 8.05. The van der Waals surface area contributed by atoms with E-state index in [0.29, 0.717) is 26.0 Å². The SMILES string of the molecule is C[C@H](N[C@@H](CCc1ccccc1)C(=O)O)C(=O)N1CCC[C@H]1COCOC(C)(C)C. The summed E-state index contributed by atoms with van der Waals surface area (Å²) in [7, 11) is 0. The summed E-state index contributed by atoms with van der Waals surface area (Å²) >= 11 is 0. The van der Waals surface area contributed by atoms with Gasteiger partial charge in [0.15, 0.2) is 0 Å². The van der Waals surface area contributed by atoms with Gasteiger partial charge in [-0.1, -0.05) is 30.3 Å². The molecule has 7 nitrogen and oxygen atoms in total. The summed E-state index contributed by atoms with van der Waals surface area (Å²) in [6.07, 6.45) is 2.86. The van der Waals surface area contributed by atoms with Crippen LogP contribution < -0.4 is 5.32 Å². The number of likely N-dealkylation sites (tertiary alicyclic amines) is 1. The molecule has 30 heavy (non-hydrogen) atoms. The minimum absolute atomic E-state index is 0.00193. The molecule has 1 aliphatic heterocycles. The standard InChI is InChI=1S/C23H36N2O5/c1-17(24-20(22(27)28)13-12-18-9-6-5-7-10-18)21(26)25-14-8-11-19(25)15-29-16-30-23(2,3)4/h5-7,9-10,17,19-20,24H,8,11-16H2,1-4H3,(H,27,28)/t17-,19-,20-/m0/s1. The van der Waals surface area contributed by atoms with Crippen molar-refractivity contribution in [1.29, 1.82) is 0 Å². The number of ether oxygens (including phenoxy) is 2. The van der Waals surface area contributed by atoms with Crippen LogP contribution in [-0.4, -0.2) is 65.6 Å². The summed E-state index contributed by atoms with van der Waals surface area (Å²) in [5, 5.41) is 12.6. The summed E-state index contributed by atoms with van der Waals surface area (Å²) in [6, 6.07) is 8.41. The van der Waals surface area contributed by atoms with E-state index in [4.69, 9.17) is 9.47 Å². The predicted octanol–water partition coefficient (Wildman–Crippen LogP) is 2.83. The zero-order chi connectivity index (χ0) is 22.1. The van der Waals surface area contributed by atoms with Crippen LogP contribution in [0, 0.1) is 0 Å². The van der Waals surface area contributed by atoms with E-state index in [9.17, 15) is 14.7 Å². The lowest BCUT2D eigenvalue weighted by atomic mass is 10.0. The van der Waals surface area contributed by atoms with Crippen molar-refractivity contribution >= 4 is 11.9 Å². The first-order chi connectivity index (χ1) is 14.2. The molecule has 0 spiro atoms. The molecule has 1 fully saturated rings. The molecule has 0 unspecified atom stereocenters. The molecule has 7 heteroatoms. The largest absolute Gasteiger partial charge is 0.480 e. The lowest BCUT2D eigenvalue weighted by molar-refractivity contribution is -0.144. The van der Waals surface area contributed by atoms with Crippen LogP contribution in [0.4, 0.5) is 0 Å². The second-order valence-corrected chi connectivity index (χ2v) is 8.88. The summed E-state index contributed by atoms with van der Waals surface area (Å²) in [5.41, 5.74) is 0.814. The van der Waals surface area contributed by atoms with E-state index in [1.807, 2.05) is 56.0 Å². The van der Waals surface area contributed by atoms with E-state index in [1.165, 1.54) is 0 Å². The van der Waals surface area contributed by atoms with Gasteiger partial charge in [-0.25, -0.2) is 0 Å². The first-order valence-corrected chi connectivity index (χ1v) is 10.7. The summed E-state index contributed by atoms with van der Waals surface area (Å²) < 4.78 is 11.2. The van der Waals surface area contributed by atoms with E-state index < -0.39 is 18.1 Å². The van der Waals surface area contributed by atoms with Crippen molar-refractivity contribution in [3.63, 3.8) is 0 Å². The van der Waals surface area contributed by atoms with Gasteiger partial charge in [-0.05, 0) is 58.9 Å². The number of hydrogen-bond acceptors (Lipinski definition) is 5. The Kier molecular flexibility index (Phi) is 9.27. The average molecular weight is 421 g/mol. The molecule has 3 atom stereocenters. The Morgan fingerprint density at radius 3 is 2.60 bits per heavy atom. The normalized spacial score (nSPS) is 18.9. The molecule has 0 aliphatic carbocycles. The van der Waals surface area contributed by atoms with Crippen LogP contribution in [0.5, 0.6) is 0 Å². The molecule has 2 rings (SSSR count). The second kappa shape index (κ2) is 11.4. The molecule has 1 heterocycles. The quantitative estimate of drug-likeness (QED) is 0.423. The fourth-order valence-electron chi connectivity index (χ4n) is 3.56. The van der Waals surface area contributed by atoms with Crippen molar-refractivity contribution in [2.24, 2.45) is 0 Å². The Morgan fingerprint density at radius 2 is 1.97 bits per heavy atom. The van der Waals surface area contributed by atoms with Crippen LogP contribution in [0.25, 0.3) is 0 Å². The molecule has 0 radical (unpaired) electrons. The van der Waals surface area contributed by atoms with Gasteiger partial charge in [0.25, 0.3) is 0 Å². The molecule has 2 N–H and O–H groups in total. The number of rotatable bonds is 11. The molecule has 1 aliphatic rings. The van der Waals surface area contributed by atoms with E-state index in [0.717, 1.165) is 18.4 Å². The van der Waals surface area contributed by atoms with Crippen molar-refractivity contribution in [2.75, 3.05) is 19.9 Å². The van der Waals surface area contributed by atoms with Gasteiger partial charge in [-0.2, -0.15) is 0 Å². The zero-order valence-electron chi connectivity index (χ0n) is 18.6. The van der Waals surface area contributed by atoms with Crippen LogP contribution in [0.2, 0.25) is 0 Å². The average Bonchev–Trinajstić information content (AvgIpc) is 3.16. The Labute approximate surface area is 179 Å². The van der Waals surface area contributed by atoms with Crippen molar-refractivity contribution in [3.8, 4) is 0 Å². The van der Waals surface area contributed by atoms with Crippen LogP contribution in [0.3, 0.4) is 0 Å². The van der Waals surface area contributed by atoms with Crippen LogP contribution >= 0.6 is 0 Å². The number of carboxylic acids is 1. The van der Waals surface area contributed by atoms with E-state index >= 15 is 0 Å². The molecule has 1 amide bonds. The zero-order valence-corrected chi connectivity index (χ0v) is 18.6. The number of hydrogen-bond donors (Lipinski definition) is 2. The molecule has 1 aromatic rings. The number of benzene rings is 1. The third-order valence-electron chi connectivity index (χ3n) is 5.23. The van der Waals surface area contributed by atoms with Gasteiger partial charge in [0, 0.05) is 6.54 Å². The molecule has 0 aromatic heterocycles. The van der Waals surface area contributed by atoms with Gasteiger partial charge >= 0.3 is 5.97 Å². The lowest BCUT2D eigenvalue weighted by Gasteiger charge is -2.29. The van der Waals surface area contributed by atoms with E-state index in [1.54, 1.807) is 6.92 Å². The molecule has 168 valence electrons. The highest BCUT2D eigenvalue weighted by atomic mass is 16.7.